The first-order valence-corrected chi connectivity index (χ1v) is 6.96. The first-order chi connectivity index (χ1) is 8.66. The van der Waals surface area contributed by atoms with Gasteiger partial charge in [0.1, 0.15) is 11.5 Å². The molecule has 1 saturated carbocycles. The van der Waals surface area contributed by atoms with Crippen LogP contribution in [0.15, 0.2) is 24.3 Å². The van der Waals surface area contributed by atoms with Crippen molar-refractivity contribution >= 4 is 5.78 Å². The topological polar surface area (TPSA) is 26.3 Å². The van der Waals surface area contributed by atoms with Crippen LogP contribution < -0.4 is 4.74 Å². The highest BCUT2D eigenvalue weighted by Crippen LogP contribution is 2.30. The van der Waals surface area contributed by atoms with E-state index < -0.39 is 0 Å². The van der Waals surface area contributed by atoms with Gasteiger partial charge in [-0.3, -0.25) is 4.79 Å². The third kappa shape index (κ3) is 3.34. The van der Waals surface area contributed by atoms with Crippen molar-refractivity contribution < 1.29 is 9.53 Å². The number of Topliss-reactive ketones (excluding diaryl/α,β-unsaturated/α-hetero) is 1. The molecule has 2 heteroatoms. The highest BCUT2D eigenvalue weighted by atomic mass is 16.5. The van der Waals surface area contributed by atoms with Gasteiger partial charge in [-0.05, 0) is 44.4 Å². The molecule has 0 radical (unpaired) electrons. The summed E-state index contributed by atoms with van der Waals surface area (Å²) in [5.41, 5.74) is 1.15. The van der Waals surface area contributed by atoms with E-state index in [-0.39, 0.29) is 12.0 Å². The lowest BCUT2D eigenvalue weighted by Crippen LogP contribution is -2.10. The van der Waals surface area contributed by atoms with Gasteiger partial charge < -0.3 is 4.74 Å². The van der Waals surface area contributed by atoms with Gasteiger partial charge >= 0.3 is 0 Å². The summed E-state index contributed by atoms with van der Waals surface area (Å²) < 4.78 is 5.62. The zero-order valence-corrected chi connectivity index (χ0v) is 11.3. The molecule has 0 bridgehead atoms. The molecule has 2 rings (SSSR count). The fourth-order valence-electron chi connectivity index (χ4n) is 2.56. The molecule has 98 valence electrons. The average molecular weight is 246 g/mol. The minimum Gasteiger partial charge on any atom is -0.491 e. The number of carbonyl (C=O) groups excluding carboxylic acids is 1. The first kappa shape index (κ1) is 13.1. The van der Waals surface area contributed by atoms with Crippen molar-refractivity contribution in [1.29, 1.82) is 0 Å². The fraction of sp³-hybridized carbons (Fsp3) is 0.562. The van der Waals surface area contributed by atoms with Gasteiger partial charge in [-0.25, -0.2) is 0 Å². The van der Waals surface area contributed by atoms with Crippen LogP contribution in [0, 0.1) is 0 Å². The molecule has 0 saturated heterocycles. The summed E-state index contributed by atoms with van der Waals surface area (Å²) in [6, 6.07) is 8.05. The minimum atomic E-state index is 0.112. The molecule has 0 aromatic heterocycles. The van der Waals surface area contributed by atoms with E-state index in [1.807, 2.05) is 38.1 Å². The van der Waals surface area contributed by atoms with Crippen molar-refractivity contribution in [3.63, 3.8) is 0 Å². The molecule has 0 spiro atoms. The minimum absolute atomic E-state index is 0.112. The maximum atomic E-state index is 12.0. The molecular weight excluding hydrogens is 224 g/mol. The number of hydrogen-bond acceptors (Lipinski definition) is 2. The Bertz CT molecular complexity index is 392. The second-order valence-corrected chi connectivity index (χ2v) is 5.35. The van der Waals surface area contributed by atoms with E-state index in [4.69, 9.17) is 4.74 Å². The zero-order chi connectivity index (χ0) is 13.0. The predicted octanol–water partition coefficient (Wildman–Crippen LogP) is 4.09. The van der Waals surface area contributed by atoms with Crippen LogP contribution in [0.3, 0.4) is 0 Å². The Hall–Kier alpha value is -1.31. The van der Waals surface area contributed by atoms with E-state index in [0.29, 0.717) is 5.78 Å². The van der Waals surface area contributed by atoms with Gasteiger partial charge in [0.2, 0.25) is 0 Å². The van der Waals surface area contributed by atoms with E-state index in [1.54, 1.807) is 0 Å². The molecule has 0 N–H and O–H groups in total. The monoisotopic (exact) mass is 246 g/mol. The molecule has 1 fully saturated rings. The number of ketones is 1. The van der Waals surface area contributed by atoms with E-state index in [0.717, 1.165) is 30.6 Å². The van der Waals surface area contributed by atoms with Crippen molar-refractivity contribution in [3.8, 4) is 5.75 Å². The highest BCUT2D eigenvalue weighted by Gasteiger charge is 2.22. The predicted molar refractivity (Wildman–Crippen MR) is 73.0 cm³/mol. The van der Waals surface area contributed by atoms with E-state index >= 15 is 0 Å². The molecule has 1 aromatic carbocycles. The summed E-state index contributed by atoms with van der Waals surface area (Å²) in [4.78, 5) is 12.0. The summed E-state index contributed by atoms with van der Waals surface area (Å²) in [6.07, 6.45) is 5.36. The summed E-state index contributed by atoms with van der Waals surface area (Å²) in [5.74, 6) is 1.40. The van der Waals surface area contributed by atoms with Crippen LogP contribution in [-0.2, 0) is 4.79 Å². The molecule has 2 nitrogen and oxygen atoms in total. The average Bonchev–Trinajstić information content (AvgIpc) is 2.54. The second kappa shape index (κ2) is 6.03. The lowest BCUT2D eigenvalue weighted by atomic mass is 9.91. The molecule has 1 atom stereocenters. The second-order valence-electron chi connectivity index (χ2n) is 5.35. The Morgan fingerprint density at radius 3 is 2.50 bits per heavy atom. The Kier molecular flexibility index (Phi) is 4.40. The summed E-state index contributed by atoms with van der Waals surface area (Å²) in [7, 11) is 0. The standard InChI is InChI=1S/C16H22O2/c1-12(2)18-14-10-8-13(9-11-14)15-6-4-3-5-7-16(15)17/h8-12,15H,3-7H2,1-2H3. The summed E-state index contributed by atoms with van der Waals surface area (Å²) in [6.45, 7) is 4.03. The first-order valence-electron chi connectivity index (χ1n) is 6.96. The van der Waals surface area contributed by atoms with Crippen LogP contribution in [0.4, 0.5) is 0 Å². The third-order valence-electron chi connectivity index (χ3n) is 3.46. The van der Waals surface area contributed by atoms with Crippen LogP contribution in [-0.4, -0.2) is 11.9 Å². The number of rotatable bonds is 3. The van der Waals surface area contributed by atoms with Crippen LogP contribution in [0.2, 0.25) is 0 Å². The zero-order valence-electron chi connectivity index (χ0n) is 11.3. The van der Waals surface area contributed by atoms with Gasteiger partial charge in [-0.2, -0.15) is 0 Å². The Labute approximate surface area is 109 Å². The molecule has 1 aliphatic rings. The summed E-state index contributed by atoms with van der Waals surface area (Å²) in [5, 5.41) is 0. The lowest BCUT2D eigenvalue weighted by molar-refractivity contribution is -0.120. The molecule has 0 heterocycles. The van der Waals surface area contributed by atoms with Gasteiger partial charge in [0.25, 0.3) is 0 Å². The fourth-order valence-corrected chi connectivity index (χ4v) is 2.56. The molecule has 1 aliphatic carbocycles. The van der Waals surface area contributed by atoms with Crippen LogP contribution in [0.1, 0.15) is 57.4 Å². The van der Waals surface area contributed by atoms with Crippen LogP contribution in [0.5, 0.6) is 5.75 Å². The highest BCUT2D eigenvalue weighted by molar-refractivity contribution is 5.85. The van der Waals surface area contributed by atoms with Crippen molar-refractivity contribution in [2.75, 3.05) is 0 Å². The quantitative estimate of drug-likeness (QED) is 0.751. The van der Waals surface area contributed by atoms with Crippen molar-refractivity contribution in [1.82, 2.24) is 0 Å². The molecule has 1 aromatic rings. The lowest BCUT2D eigenvalue weighted by Gasteiger charge is -2.15. The maximum Gasteiger partial charge on any atom is 0.140 e. The number of ether oxygens (including phenoxy) is 1. The Morgan fingerprint density at radius 1 is 1.11 bits per heavy atom. The molecule has 0 amide bonds. The Balaban J connectivity index is 2.10. The molecule has 18 heavy (non-hydrogen) atoms. The van der Waals surface area contributed by atoms with E-state index in [9.17, 15) is 4.79 Å². The maximum absolute atomic E-state index is 12.0. The van der Waals surface area contributed by atoms with Crippen LogP contribution >= 0.6 is 0 Å². The largest absolute Gasteiger partial charge is 0.491 e. The third-order valence-corrected chi connectivity index (χ3v) is 3.46. The van der Waals surface area contributed by atoms with Gasteiger partial charge in [0, 0.05) is 12.3 Å². The number of carbonyl (C=O) groups is 1. The van der Waals surface area contributed by atoms with Crippen molar-refractivity contribution in [3.05, 3.63) is 29.8 Å². The van der Waals surface area contributed by atoms with Gasteiger partial charge in [-0.1, -0.05) is 25.0 Å². The van der Waals surface area contributed by atoms with Crippen molar-refractivity contribution in [2.24, 2.45) is 0 Å². The molecule has 1 unspecified atom stereocenters. The SMILES string of the molecule is CC(C)Oc1ccc(C2CCCCCC2=O)cc1. The van der Waals surface area contributed by atoms with E-state index in [2.05, 4.69) is 0 Å². The van der Waals surface area contributed by atoms with Crippen molar-refractivity contribution in [2.45, 2.75) is 58.0 Å². The van der Waals surface area contributed by atoms with E-state index in [1.165, 1.54) is 12.8 Å². The van der Waals surface area contributed by atoms with Gasteiger partial charge in [0.05, 0.1) is 6.10 Å². The number of benzene rings is 1. The van der Waals surface area contributed by atoms with Crippen LogP contribution in [0.25, 0.3) is 0 Å². The normalized spacial score (nSPS) is 20.8. The van der Waals surface area contributed by atoms with Gasteiger partial charge in [-0.15, -0.1) is 0 Å². The number of hydrogen-bond donors (Lipinski definition) is 0. The van der Waals surface area contributed by atoms with Gasteiger partial charge in [0.15, 0.2) is 0 Å². The Morgan fingerprint density at radius 2 is 1.83 bits per heavy atom. The molecule has 0 aliphatic heterocycles. The summed E-state index contributed by atoms with van der Waals surface area (Å²) >= 11 is 0. The molecular formula is C16H22O2. The smallest absolute Gasteiger partial charge is 0.140 e.